The number of likely N-dealkylation sites (tertiary alicyclic amines) is 1. The maximum absolute atomic E-state index is 13.3. The van der Waals surface area contributed by atoms with Gasteiger partial charge >= 0.3 is 0 Å². The Hall–Kier alpha value is -2.25. The van der Waals surface area contributed by atoms with Crippen LogP contribution in [0.4, 0.5) is 0 Å². The summed E-state index contributed by atoms with van der Waals surface area (Å²) in [5.41, 5.74) is 2.84. The van der Waals surface area contributed by atoms with Gasteiger partial charge in [0.2, 0.25) is 11.8 Å². The Balaban J connectivity index is 1.37. The van der Waals surface area contributed by atoms with Crippen molar-refractivity contribution in [3.05, 3.63) is 34.9 Å². The largest absolute Gasteiger partial charge is 0.322 e. The molecule has 3 amide bonds. The summed E-state index contributed by atoms with van der Waals surface area (Å²) < 4.78 is 0. The smallest absolute Gasteiger partial charge is 0.255 e. The SMILES string of the molecule is O=C1CCC(N2Cc3cccc(CN4CCC[C@@H]5CNCC[C@@H]54)c3C2=O)C(=O)N1. The van der Waals surface area contributed by atoms with Crippen LogP contribution in [0.25, 0.3) is 0 Å². The standard InChI is InChI=1S/C22H28N4O3/c27-19-7-6-18(21(28)24-19)26-13-16-4-1-3-15(20(16)22(26)29)12-25-10-2-5-14-11-23-9-8-17(14)25/h1,3-4,14,17-18,23H,2,5-13H2,(H,24,27,28)/t14-,17+,18?/m1/s1. The zero-order valence-corrected chi connectivity index (χ0v) is 16.7. The topological polar surface area (TPSA) is 81.8 Å². The van der Waals surface area contributed by atoms with Gasteiger partial charge in [-0.3, -0.25) is 24.6 Å². The summed E-state index contributed by atoms with van der Waals surface area (Å²) in [4.78, 5) is 41.3. The van der Waals surface area contributed by atoms with Crippen molar-refractivity contribution in [3.8, 4) is 0 Å². The summed E-state index contributed by atoms with van der Waals surface area (Å²) >= 11 is 0. The average molecular weight is 396 g/mol. The van der Waals surface area contributed by atoms with Gasteiger partial charge in [0.25, 0.3) is 5.91 Å². The quantitative estimate of drug-likeness (QED) is 0.746. The Morgan fingerprint density at radius 1 is 1.10 bits per heavy atom. The lowest BCUT2D eigenvalue weighted by atomic mass is 9.84. The van der Waals surface area contributed by atoms with E-state index in [0.29, 0.717) is 24.9 Å². The molecule has 0 saturated carbocycles. The van der Waals surface area contributed by atoms with E-state index in [4.69, 9.17) is 0 Å². The van der Waals surface area contributed by atoms with Crippen LogP contribution in [-0.4, -0.2) is 59.2 Å². The van der Waals surface area contributed by atoms with Crippen molar-refractivity contribution in [1.82, 2.24) is 20.4 Å². The monoisotopic (exact) mass is 396 g/mol. The van der Waals surface area contributed by atoms with Crippen LogP contribution in [0.2, 0.25) is 0 Å². The Morgan fingerprint density at radius 3 is 2.86 bits per heavy atom. The van der Waals surface area contributed by atoms with Crippen LogP contribution in [0, 0.1) is 5.92 Å². The third-order valence-corrected chi connectivity index (χ3v) is 7.07. The maximum Gasteiger partial charge on any atom is 0.255 e. The zero-order valence-electron chi connectivity index (χ0n) is 16.7. The van der Waals surface area contributed by atoms with Gasteiger partial charge in [-0.05, 0) is 62.4 Å². The summed E-state index contributed by atoms with van der Waals surface area (Å²) in [6.07, 6.45) is 4.34. The highest BCUT2D eigenvalue weighted by molar-refractivity contribution is 6.05. The molecule has 1 aromatic rings. The molecule has 4 heterocycles. The first-order chi connectivity index (χ1) is 14.1. The average Bonchev–Trinajstić information content (AvgIpc) is 3.06. The van der Waals surface area contributed by atoms with Gasteiger partial charge in [-0.2, -0.15) is 0 Å². The fraction of sp³-hybridized carbons (Fsp3) is 0.591. The molecule has 3 saturated heterocycles. The Bertz CT molecular complexity index is 852. The molecule has 0 aliphatic carbocycles. The van der Waals surface area contributed by atoms with Gasteiger partial charge < -0.3 is 10.2 Å². The van der Waals surface area contributed by atoms with E-state index in [1.165, 1.54) is 12.8 Å². The van der Waals surface area contributed by atoms with Crippen LogP contribution in [0.1, 0.15) is 53.6 Å². The van der Waals surface area contributed by atoms with E-state index >= 15 is 0 Å². The maximum atomic E-state index is 13.3. The van der Waals surface area contributed by atoms with Crippen molar-refractivity contribution in [2.75, 3.05) is 19.6 Å². The molecule has 29 heavy (non-hydrogen) atoms. The molecule has 154 valence electrons. The minimum Gasteiger partial charge on any atom is -0.322 e. The summed E-state index contributed by atoms with van der Waals surface area (Å²) in [5.74, 6) is 0.0316. The number of carbonyl (C=O) groups is 3. The lowest BCUT2D eigenvalue weighted by Crippen LogP contribution is -2.53. The van der Waals surface area contributed by atoms with Crippen LogP contribution in [-0.2, 0) is 22.7 Å². The third kappa shape index (κ3) is 3.36. The van der Waals surface area contributed by atoms with Crippen LogP contribution in [0.3, 0.4) is 0 Å². The highest BCUT2D eigenvalue weighted by Gasteiger charge is 2.40. The molecule has 3 atom stereocenters. The third-order valence-electron chi connectivity index (χ3n) is 7.07. The molecule has 5 rings (SSSR count). The number of nitrogens with zero attached hydrogens (tertiary/aromatic N) is 2. The molecule has 4 aliphatic heterocycles. The van der Waals surface area contributed by atoms with Gasteiger partial charge in [-0.1, -0.05) is 18.2 Å². The molecule has 1 aromatic carbocycles. The highest BCUT2D eigenvalue weighted by atomic mass is 16.2. The Kier molecular flexibility index (Phi) is 4.87. The minimum atomic E-state index is -0.552. The Labute approximate surface area is 170 Å². The van der Waals surface area contributed by atoms with Crippen LogP contribution in [0.15, 0.2) is 18.2 Å². The Morgan fingerprint density at radius 2 is 2.00 bits per heavy atom. The molecule has 2 N–H and O–H groups in total. The molecule has 1 unspecified atom stereocenters. The summed E-state index contributed by atoms with van der Waals surface area (Å²) in [7, 11) is 0. The van der Waals surface area contributed by atoms with Crippen molar-refractivity contribution >= 4 is 17.7 Å². The van der Waals surface area contributed by atoms with Gasteiger partial charge in [0.15, 0.2) is 0 Å². The molecule has 0 aromatic heterocycles. The molecule has 0 bridgehead atoms. The van der Waals surface area contributed by atoms with Gasteiger partial charge in [0.05, 0.1) is 0 Å². The van der Waals surface area contributed by atoms with Gasteiger partial charge in [0.1, 0.15) is 6.04 Å². The lowest BCUT2D eigenvalue weighted by molar-refractivity contribution is -0.136. The predicted octanol–water partition coefficient (Wildman–Crippen LogP) is 1.02. The van der Waals surface area contributed by atoms with Crippen LogP contribution in [0.5, 0.6) is 0 Å². The van der Waals surface area contributed by atoms with Crippen LogP contribution >= 0.6 is 0 Å². The number of carbonyl (C=O) groups excluding carboxylic acids is 3. The summed E-state index contributed by atoms with van der Waals surface area (Å²) in [5, 5.41) is 5.90. The molecular formula is C22H28N4O3. The van der Waals surface area contributed by atoms with E-state index in [1.54, 1.807) is 4.90 Å². The van der Waals surface area contributed by atoms with Gasteiger partial charge in [0, 0.05) is 31.1 Å². The second-order valence-corrected chi connectivity index (χ2v) is 8.78. The molecule has 0 spiro atoms. The van der Waals surface area contributed by atoms with Gasteiger partial charge in [-0.15, -0.1) is 0 Å². The number of piperidine rings is 3. The van der Waals surface area contributed by atoms with E-state index in [1.807, 2.05) is 12.1 Å². The van der Waals surface area contributed by atoms with Gasteiger partial charge in [-0.25, -0.2) is 0 Å². The first-order valence-electron chi connectivity index (χ1n) is 10.8. The molecule has 4 aliphatic rings. The first kappa shape index (κ1) is 18.8. The number of amides is 3. The molecule has 7 nitrogen and oxygen atoms in total. The number of benzene rings is 1. The van der Waals surface area contributed by atoms with Crippen molar-refractivity contribution in [2.45, 2.75) is 57.3 Å². The fourth-order valence-corrected chi connectivity index (χ4v) is 5.64. The number of imide groups is 1. The van der Waals surface area contributed by atoms with Crippen molar-refractivity contribution in [1.29, 1.82) is 0 Å². The number of hydrogen-bond donors (Lipinski definition) is 2. The normalized spacial score (nSPS) is 30.1. The lowest BCUT2D eigenvalue weighted by Gasteiger charge is -2.44. The fourth-order valence-electron chi connectivity index (χ4n) is 5.64. The number of rotatable bonds is 3. The highest BCUT2D eigenvalue weighted by Crippen LogP contribution is 2.33. The van der Waals surface area contributed by atoms with Crippen molar-refractivity contribution in [3.63, 3.8) is 0 Å². The van der Waals surface area contributed by atoms with Crippen molar-refractivity contribution < 1.29 is 14.4 Å². The van der Waals surface area contributed by atoms with Crippen LogP contribution < -0.4 is 10.6 Å². The molecular weight excluding hydrogens is 368 g/mol. The molecule has 0 radical (unpaired) electrons. The minimum absolute atomic E-state index is 0.0658. The van der Waals surface area contributed by atoms with E-state index in [-0.39, 0.29) is 24.1 Å². The van der Waals surface area contributed by atoms with E-state index < -0.39 is 6.04 Å². The molecule has 3 fully saturated rings. The summed E-state index contributed by atoms with van der Waals surface area (Å²) in [6.45, 7) is 4.47. The van der Waals surface area contributed by atoms with Crippen molar-refractivity contribution in [2.24, 2.45) is 5.92 Å². The zero-order chi connectivity index (χ0) is 20.0. The molecule has 7 heteroatoms. The number of fused-ring (bicyclic) bond motifs is 2. The van der Waals surface area contributed by atoms with E-state index in [2.05, 4.69) is 21.6 Å². The first-order valence-corrected chi connectivity index (χ1v) is 10.8. The van der Waals surface area contributed by atoms with E-state index in [9.17, 15) is 14.4 Å². The second-order valence-electron chi connectivity index (χ2n) is 8.78. The second kappa shape index (κ2) is 7.54. The number of hydrogen-bond acceptors (Lipinski definition) is 5. The summed E-state index contributed by atoms with van der Waals surface area (Å²) in [6, 6.07) is 6.12. The predicted molar refractivity (Wildman–Crippen MR) is 107 cm³/mol. The number of nitrogens with one attached hydrogen (secondary N) is 2. The van der Waals surface area contributed by atoms with E-state index in [0.717, 1.165) is 49.3 Å².